The molecule has 0 aliphatic rings. The van der Waals surface area contributed by atoms with Crippen LogP contribution in [0.1, 0.15) is 11.3 Å². The van der Waals surface area contributed by atoms with Gasteiger partial charge in [-0.1, -0.05) is 5.21 Å². The van der Waals surface area contributed by atoms with Gasteiger partial charge in [0, 0.05) is 25.7 Å². The van der Waals surface area contributed by atoms with Crippen LogP contribution in [-0.4, -0.2) is 28.1 Å². The number of aryl methyl sites for hydroxylation is 1. The monoisotopic (exact) mass is 236 g/mol. The van der Waals surface area contributed by atoms with E-state index in [-0.39, 0.29) is 0 Å². The minimum absolute atomic E-state index is 0.423. The van der Waals surface area contributed by atoms with E-state index in [4.69, 9.17) is 0 Å². The van der Waals surface area contributed by atoms with Crippen LogP contribution in [0.3, 0.4) is 0 Å². The van der Waals surface area contributed by atoms with Crippen LogP contribution in [0, 0.1) is 0 Å². The van der Waals surface area contributed by atoms with Gasteiger partial charge >= 0.3 is 0 Å². The Hall–Kier alpha value is -1.20. The Kier molecular flexibility index (Phi) is 3.69. The van der Waals surface area contributed by atoms with Crippen molar-refractivity contribution in [1.29, 1.82) is 0 Å². The minimum atomic E-state index is 0.423. The van der Waals surface area contributed by atoms with E-state index in [1.807, 2.05) is 20.3 Å². The predicted molar refractivity (Wildman–Crippen MR) is 65.6 cm³/mol. The zero-order chi connectivity index (χ0) is 11.4. The van der Waals surface area contributed by atoms with Crippen molar-refractivity contribution in [1.82, 2.24) is 20.3 Å². The SMILES string of the molecule is CNC(Cc1ccsc1)Cc1cn(C)nn1. The average molecular weight is 236 g/mol. The standard InChI is InChI=1S/C11H16N4S/c1-12-10(5-9-3-4-16-8-9)6-11-7-15(2)14-13-11/h3-4,7-8,10,12H,5-6H2,1-2H3. The maximum Gasteiger partial charge on any atom is 0.0842 e. The molecule has 2 aromatic rings. The van der Waals surface area contributed by atoms with Crippen molar-refractivity contribution in [2.75, 3.05) is 7.05 Å². The summed E-state index contributed by atoms with van der Waals surface area (Å²) >= 11 is 1.74. The first-order chi connectivity index (χ1) is 7.78. The zero-order valence-corrected chi connectivity index (χ0v) is 10.4. The lowest BCUT2D eigenvalue weighted by atomic mass is 10.0. The summed E-state index contributed by atoms with van der Waals surface area (Å²) in [5.41, 5.74) is 2.42. The Bertz CT molecular complexity index is 421. The molecule has 0 amide bonds. The molecule has 2 heterocycles. The lowest BCUT2D eigenvalue weighted by molar-refractivity contribution is 0.550. The number of aromatic nitrogens is 3. The third-order valence-electron chi connectivity index (χ3n) is 2.58. The number of nitrogens with zero attached hydrogens (tertiary/aromatic N) is 3. The smallest absolute Gasteiger partial charge is 0.0842 e. The van der Waals surface area contributed by atoms with Gasteiger partial charge in [-0.25, -0.2) is 0 Å². The van der Waals surface area contributed by atoms with Crippen LogP contribution in [0.25, 0.3) is 0 Å². The molecule has 1 unspecified atom stereocenters. The van der Waals surface area contributed by atoms with Crippen molar-refractivity contribution in [2.24, 2.45) is 7.05 Å². The summed E-state index contributed by atoms with van der Waals surface area (Å²) in [6, 6.07) is 2.59. The quantitative estimate of drug-likeness (QED) is 0.849. The van der Waals surface area contributed by atoms with E-state index in [1.54, 1.807) is 16.0 Å². The Morgan fingerprint density at radius 2 is 2.38 bits per heavy atom. The van der Waals surface area contributed by atoms with Crippen molar-refractivity contribution < 1.29 is 0 Å². The van der Waals surface area contributed by atoms with Gasteiger partial charge in [-0.3, -0.25) is 4.68 Å². The first-order valence-electron chi connectivity index (χ1n) is 5.31. The van der Waals surface area contributed by atoms with E-state index in [9.17, 15) is 0 Å². The van der Waals surface area contributed by atoms with E-state index in [1.165, 1.54) is 5.56 Å². The molecule has 1 N–H and O–H groups in total. The number of nitrogens with one attached hydrogen (secondary N) is 1. The van der Waals surface area contributed by atoms with E-state index in [2.05, 4.69) is 32.5 Å². The second kappa shape index (κ2) is 5.23. The normalized spacial score (nSPS) is 12.9. The second-order valence-corrected chi connectivity index (χ2v) is 4.69. The van der Waals surface area contributed by atoms with Crippen LogP contribution < -0.4 is 5.32 Å². The first-order valence-corrected chi connectivity index (χ1v) is 6.25. The predicted octanol–water partition coefficient (Wildman–Crippen LogP) is 1.25. The Morgan fingerprint density at radius 1 is 1.50 bits per heavy atom. The fourth-order valence-electron chi connectivity index (χ4n) is 1.71. The number of hydrogen-bond acceptors (Lipinski definition) is 4. The maximum absolute atomic E-state index is 4.11. The highest BCUT2D eigenvalue weighted by molar-refractivity contribution is 7.07. The summed E-state index contributed by atoms with van der Waals surface area (Å²) in [4.78, 5) is 0. The molecule has 0 aliphatic heterocycles. The van der Waals surface area contributed by atoms with Gasteiger partial charge < -0.3 is 5.32 Å². The van der Waals surface area contributed by atoms with Crippen LogP contribution in [0.4, 0.5) is 0 Å². The molecule has 0 aromatic carbocycles. The van der Waals surface area contributed by atoms with E-state index < -0.39 is 0 Å². The largest absolute Gasteiger partial charge is 0.316 e. The molecule has 0 saturated carbocycles. The molecule has 0 radical (unpaired) electrons. The third-order valence-corrected chi connectivity index (χ3v) is 3.31. The molecule has 86 valence electrons. The summed E-state index contributed by atoms with van der Waals surface area (Å²) < 4.78 is 1.74. The average Bonchev–Trinajstić information content (AvgIpc) is 2.89. The first kappa shape index (κ1) is 11.3. The summed E-state index contributed by atoms with van der Waals surface area (Å²) in [7, 11) is 3.89. The fraction of sp³-hybridized carbons (Fsp3) is 0.455. The van der Waals surface area contributed by atoms with E-state index >= 15 is 0 Å². The fourth-order valence-corrected chi connectivity index (χ4v) is 2.39. The van der Waals surface area contributed by atoms with Crippen LogP contribution in [0.5, 0.6) is 0 Å². The summed E-state index contributed by atoms with van der Waals surface area (Å²) in [5.74, 6) is 0. The molecule has 0 saturated heterocycles. The lowest BCUT2D eigenvalue weighted by Gasteiger charge is -2.13. The van der Waals surface area contributed by atoms with Crippen molar-refractivity contribution in [3.63, 3.8) is 0 Å². The summed E-state index contributed by atoms with van der Waals surface area (Å²) in [6.45, 7) is 0. The van der Waals surface area contributed by atoms with Crippen molar-refractivity contribution in [3.05, 3.63) is 34.3 Å². The Balaban J connectivity index is 1.95. The van der Waals surface area contributed by atoms with Gasteiger partial charge in [-0.2, -0.15) is 11.3 Å². The summed E-state index contributed by atoms with van der Waals surface area (Å²) in [6.07, 6.45) is 3.93. The molecule has 0 bridgehead atoms. The minimum Gasteiger partial charge on any atom is -0.316 e. The van der Waals surface area contributed by atoms with Gasteiger partial charge in [0.05, 0.1) is 5.69 Å². The number of thiophene rings is 1. The number of hydrogen-bond donors (Lipinski definition) is 1. The zero-order valence-electron chi connectivity index (χ0n) is 9.55. The van der Waals surface area contributed by atoms with Crippen molar-refractivity contribution in [2.45, 2.75) is 18.9 Å². The van der Waals surface area contributed by atoms with E-state index in [0.29, 0.717) is 6.04 Å². The highest BCUT2D eigenvalue weighted by Gasteiger charge is 2.10. The van der Waals surface area contributed by atoms with Crippen LogP contribution in [-0.2, 0) is 19.9 Å². The van der Waals surface area contributed by atoms with Gasteiger partial charge in [0.2, 0.25) is 0 Å². The van der Waals surface area contributed by atoms with Gasteiger partial charge in [-0.15, -0.1) is 5.10 Å². The van der Waals surface area contributed by atoms with Gasteiger partial charge in [-0.05, 0) is 35.9 Å². The molecule has 2 aromatic heterocycles. The maximum atomic E-state index is 4.11. The Morgan fingerprint density at radius 3 is 2.94 bits per heavy atom. The molecule has 0 spiro atoms. The molecule has 0 fully saturated rings. The van der Waals surface area contributed by atoms with Crippen LogP contribution in [0.15, 0.2) is 23.0 Å². The highest BCUT2D eigenvalue weighted by Crippen LogP contribution is 2.10. The molecule has 2 rings (SSSR count). The topological polar surface area (TPSA) is 42.7 Å². The lowest BCUT2D eigenvalue weighted by Crippen LogP contribution is -2.29. The van der Waals surface area contributed by atoms with Gasteiger partial charge in [0.1, 0.15) is 0 Å². The molecule has 16 heavy (non-hydrogen) atoms. The number of rotatable bonds is 5. The van der Waals surface area contributed by atoms with E-state index in [0.717, 1.165) is 18.5 Å². The molecule has 4 nitrogen and oxygen atoms in total. The van der Waals surface area contributed by atoms with Crippen LogP contribution >= 0.6 is 11.3 Å². The van der Waals surface area contributed by atoms with Crippen molar-refractivity contribution >= 4 is 11.3 Å². The van der Waals surface area contributed by atoms with Crippen molar-refractivity contribution in [3.8, 4) is 0 Å². The van der Waals surface area contributed by atoms with Gasteiger partial charge in [0.15, 0.2) is 0 Å². The highest BCUT2D eigenvalue weighted by atomic mass is 32.1. The Labute approximate surface area is 99.3 Å². The van der Waals surface area contributed by atoms with Crippen LogP contribution in [0.2, 0.25) is 0 Å². The van der Waals surface area contributed by atoms with Gasteiger partial charge in [0.25, 0.3) is 0 Å². The molecular formula is C11H16N4S. The summed E-state index contributed by atoms with van der Waals surface area (Å²) in [5, 5.41) is 15.7. The second-order valence-electron chi connectivity index (χ2n) is 3.91. The third kappa shape index (κ3) is 2.90. The molecule has 1 atom stereocenters. The molecule has 0 aliphatic carbocycles. The molecule has 5 heteroatoms. The number of likely N-dealkylation sites (N-methyl/N-ethyl adjacent to an activating group) is 1. The molecular weight excluding hydrogens is 220 g/mol.